The average molecular weight is 200 g/mol. The molecule has 0 aliphatic carbocycles. The molecule has 12 heavy (non-hydrogen) atoms. The first-order chi connectivity index (χ1) is 5.74. The van der Waals surface area contributed by atoms with E-state index in [-0.39, 0.29) is 0 Å². The van der Waals surface area contributed by atoms with E-state index in [9.17, 15) is 4.79 Å². The van der Waals surface area contributed by atoms with Crippen LogP contribution in [-0.4, -0.2) is 12.0 Å². The Morgan fingerprint density at radius 2 is 2.33 bits per heavy atom. The second kappa shape index (κ2) is 4.53. The highest BCUT2D eigenvalue weighted by Crippen LogP contribution is 2.23. The summed E-state index contributed by atoms with van der Waals surface area (Å²) in [5.41, 5.74) is 1.03. The standard InChI is InChI=1S/C9H8ClOS/c1-7-6-8(12-5-4-11)2-3-9(7)10/h2-3,6H,5H2,1H3. The second-order valence-corrected chi connectivity index (χ2v) is 3.80. The summed E-state index contributed by atoms with van der Waals surface area (Å²) in [5, 5.41) is 0.759. The molecule has 1 aromatic rings. The first-order valence-corrected chi connectivity index (χ1v) is 4.84. The van der Waals surface area contributed by atoms with Gasteiger partial charge in [-0.1, -0.05) is 11.6 Å². The van der Waals surface area contributed by atoms with Crippen LogP contribution in [0.15, 0.2) is 23.1 Å². The fourth-order valence-electron chi connectivity index (χ4n) is 0.820. The van der Waals surface area contributed by atoms with Gasteiger partial charge >= 0.3 is 0 Å². The summed E-state index contributed by atoms with van der Waals surface area (Å²) < 4.78 is 0. The molecule has 0 spiro atoms. The molecule has 1 aromatic carbocycles. The molecule has 0 saturated carbocycles. The summed E-state index contributed by atoms with van der Waals surface area (Å²) in [4.78, 5) is 11.0. The van der Waals surface area contributed by atoms with Gasteiger partial charge in [0.1, 0.15) is 0 Å². The van der Waals surface area contributed by atoms with Crippen LogP contribution in [0.25, 0.3) is 0 Å². The van der Waals surface area contributed by atoms with Crippen LogP contribution in [0.2, 0.25) is 5.02 Å². The summed E-state index contributed by atoms with van der Waals surface area (Å²) >= 11 is 7.29. The van der Waals surface area contributed by atoms with Gasteiger partial charge in [-0.2, -0.15) is 0 Å². The SMILES string of the molecule is Cc1cc(SC[C]=O)ccc1Cl. The van der Waals surface area contributed by atoms with Crippen LogP contribution in [0.3, 0.4) is 0 Å². The first-order valence-electron chi connectivity index (χ1n) is 3.48. The lowest BCUT2D eigenvalue weighted by molar-refractivity contribution is 0.560. The fourth-order valence-corrected chi connectivity index (χ4v) is 1.59. The number of halogens is 1. The zero-order chi connectivity index (χ0) is 8.97. The molecule has 0 bridgehead atoms. The van der Waals surface area contributed by atoms with Crippen LogP contribution in [-0.2, 0) is 4.79 Å². The molecule has 0 fully saturated rings. The smallest absolute Gasteiger partial charge is 0.209 e. The zero-order valence-corrected chi connectivity index (χ0v) is 8.21. The highest BCUT2D eigenvalue weighted by Gasteiger charge is 1.97. The molecule has 0 aromatic heterocycles. The van der Waals surface area contributed by atoms with E-state index in [4.69, 9.17) is 11.6 Å². The van der Waals surface area contributed by atoms with E-state index in [1.54, 1.807) is 0 Å². The molecule has 63 valence electrons. The molecule has 1 radical (unpaired) electrons. The summed E-state index contributed by atoms with van der Waals surface area (Å²) in [5.74, 6) is 0.376. The molecule has 0 heterocycles. The van der Waals surface area contributed by atoms with E-state index in [0.29, 0.717) is 5.75 Å². The Morgan fingerprint density at radius 3 is 2.92 bits per heavy atom. The molecule has 1 rings (SSSR count). The van der Waals surface area contributed by atoms with Crippen molar-refractivity contribution in [3.63, 3.8) is 0 Å². The number of rotatable bonds is 3. The molecule has 3 heteroatoms. The van der Waals surface area contributed by atoms with Crippen molar-refractivity contribution in [1.29, 1.82) is 0 Å². The van der Waals surface area contributed by atoms with Gasteiger partial charge in [0.2, 0.25) is 6.29 Å². The van der Waals surface area contributed by atoms with E-state index in [2.05, 4.69) is 0 Å². The predicted octanol–water partition coefficient (Wildman–Crippen LogP) is 2.85. The molecule has 0 aliphatic rings. The first kappa shape index (κ1) is 9.62. The van der Waals surface area contributed by atoms with E-state index in [1.807, 2.05) is 31.4 Å². The molecular formula is C9H8ClOS. The molecule has 0 aliphatic heterocycles. The molecule has 0 saturated heterocycles. The Kier molecular flexibility index (Phi) is 3.63. The van der Waals surface area contributed by atoms with E-state index in [0.717, 1.165) is 15.5 Å². The lowest BCUT2D eigenvalue weighted by Crippen LogP contribution is -1.80. The minimum atomic E-state index is 0.376. The van der Waals surface area contributed by atoms with Gasteiger partial charge in [-0.15, -0.1) is 11.8 Å². The van der Waals surface area contributed by atoms with Crippen LogP contribution in [0.5, 0.6) is 0 Å². The average Bonchev–Trinajstić information content (AvgIpc) is 2.07. The van der Waals surface area contributed by atoms with Crippen LogP contribution in [0.4, 0.5) is 0 Å². The molecule has 1 nitrogen and oxygen atoms in total. The Hall–Kier alpha value is -0.470. The van der Waals surface area contributed by atoms with Crippen molar-refractivity contribution >= 4 is 29.6 Å². The number of hydrogen-bond donors (Lipinski definition) is 0. The zero-order valence-electron chi connectivity index (χ0n) is 6.63. The summed E-state index contributed by atoms with van der Waals surface area (Å²) in [6, 6.07) is 5.70. The molecule has 0 unspecified atom stereocenters. The Morgan fingerprint density at radius 1 is 1.58 bits per heavy atom. The Labute approximate surface area is 81.1 Å². The van der Waals surface area contributed by atoms with Crippen molar-refractivity contribution in [2.75, 3.05) is 5.75 Å². The van der Waals surface area contributed by atoms with E-state index < -0.39 is 0 Å². The topological polar surface area (TPSA) is 17.1 Å². The van der Waals surface area contributed by atoms with E-state index >= 15 is 0 Å². The Balaban J connectivity index is 2.75. The predicted molar refractivity (Wildman–Crippen MR) is 52.6 cm³/mol. The quantitative estimate of drug-likeness (QED) is 0.697. The maximum atomic E-state index is 9.96. The lowest BCUT2D eigenvalue weighted by Gasteiger charge is -2.00. The summed E-state index contributed by atoms with van der Waals surface area (Å²) in [6.45, 7) is 1.94. The van der Waals surface area contributed by atoms with Crippen LogP contribution < -0.4 is 0 Å². The second-order valence-electron chi connectivity index (χ2n) is 2.34. The highest BCUT2D eigenvalue weighted by molar-refractivity contribution is 7.99. The number of carbonyl (C=O) groups excluding carboxylic acids is 1. The van der Waals surface area contributed by atoms with Crippen LogP contribution in [0.1, 0.15) is 5.56 Å². The highest BCUT2D eigenvalue weighted by atomic mass is 35.5. The third-order valence-electron chi connectivity index (χ3n) is 1.43. The molecule has 0 atom stereocenters. The van der Waals surface area contributed by atoms with Crippen molar-refractivity contribution < 1.29 is 4.79 Å². The number of aryl methyl sites for hydroxylation is 1. The summed E-state index contributed by atoms with van der Waals surface area (Å²) in [6.07, 6.45) is 1.83. The normalized spacial score (nSPS) is 9.83. The number of benzene rings is 1. The minimum Gasteiger partial charge on any atom is -0.290 e. The maximum Gasteiger partial charge on any atom is 0.209 e. The summed E-state index contributed by atoms with van der Waals surface area (Å²) in [7, 11) is 0. The van der Waals surface area contributed by atoms with Crippen molar-refractivity contribution in [1.82, 2.24) is 0 Å². The van der Waals surface area contributed by atoms with Gasteiger partial charge < -0.3 is 0 Å². The molecule has 0 amide bonds. The number of thioether (sulfide) groups is 1. The number of hydrogen-bond acceptors (Lipinski definition) is 2. The molecule has 0 N–H and O–H groups in total. The van der Waals surface area contributed by atoms with Gasteiger partial charge in [-0.25, -0.2) is 0 Å². The van der Waals surface area contributed by atoms with Crippen LogP contribution >= 0.6 is 23.4 Å². The molecular weight excluding hydrogens is 192 g/mol. The monoisotopic (exact) mass is 199 g/mol. The van der Waals surface area contributed by atoms with Gasteiger partial charge in [0.15, 0.2) is 0 Å². The van der Waals surface area contributed by atoms with Gasteiger partial charge in [0.25, 0.3) is 0 Å². The largest absolute Gasteiger partial charge is 0.290 e. The van der Waals surface area contributed by atoms with Gasteiger partial charge in [-0.3, -0.25) is 4.79 Å². The fraction of sp³-hybridized carbons (Fsp3) is 0.222. The van der Waals surface area contributed by atoms with Gasteiger partial charge in [-0.05, 0) is 30.7 Å². The third-order valence-corrected chi connectivity index (χ3v) is 2.70. The third kappa shape index (κ3) is 2.54. The van der Waals surface area contributed by atoms with Crippen molar-refractivity contribution in [3.8, 4) is 0 Å². The van der Waals surface area contributed by atoms with Crippen molar-refractivity contribution in [2.45, 2.75) is 11.8 Å². The maximum absolute atomic E-state index is 9.96. The van der Waals surface area contributed by atoms with Gasteiger partial charge in [0.05, 0.1) is 5.75 Å². The van der Waals surface area contributed by atoms with Crippen LogP contribution in [0, 0.1) is 6.92 Å². The lowest BCUT2D eigenvalue weighted by atomic mass is 10.2. The van der Waals surface area contributed by atoms with Crippen molar-refractivity contribution in [3.05, 3.63) is 28.8 Å². The van der Waals surface area contributed by atoms with E-state index in [1.165, 1.54) is 11.8 Å². The Bertz CT molecular complexity index is 286. The van der Waals surface area contributed by atoms with Gasteiger partial charge in [0, 0.05) is 9.92 Å². The minimum absolute atomic E-state index is 0.376. The van der Waals surface area contributed by atoms with Crippen molar-refractivity contribution in [2.24, 2.45) is 0 Å².